The molecule has 0 unspecified atom stereocenters. The van der Waals surface area contributed by atoms with Crippen molar-refractivity contribution >= 4 is 13.8 Å². The van der Waals surface area contributed by atoms with Crippen LogP contribution in [0.2, 0.25) is 13.1 Å². The van der Waals surface area contributed by atoms with E-state index in [0.29, 0.717) is 0 Å². The molecule has 5 heteroatoms. The summed E-state index contributed by atoms with van der Waals surface area (Å²) < 4.78 is 0. The summed E-state index contributed by atoms with van der Waals surface area (Å²) in [6.07, 6.45) is 10.1. The fraction of sp³-hybridized carbons (Fsp3) is 0.267. The van der Waals surface area contributed by atoms with Gasteiger partial charge in [-0.15, -0.1) is 0 Å². The number of aliphatic imine (C=N–C) groups is 1. The fourth-order valence-corrected chi connectivity index (χ4v) is 7.36. The van der Waals surface area contributed by atoms with Crippen LogP contribution in [-0.2, 0) is 26.2 Å². The average molecular weight is 400 g/mol. The molecule has 0 aromatic rings. The van der Waals surface area contributed by atoms with Crippen LogP contribution in [0.4, 0.5) is 0 Å². The molecule has 102 valence electrons. The summed E-state index contributed by atoms with van der Waals surface area (Å²) in [6, 6.07) is 0. The van der Waals surface area contributed by atoms with Crippen molar-refractivity contribution in [3.05, 3.63) is 57.1 Å². The summed E-state index contributed by atoms with van der Waals surface area (Å²) in [7, 11) is -1.35. The van der Waals surface area contributed by atoms with E-state index < -0.39 is 8.07 Å². The first-order valence-corrected chi connectivity index (χ1v) is 9.24. The van der Waals surface area contributed by atoms with Crippen molar-refractivity contribution in [1.29, 1.82) is 0 Å². The molecule has 0 spiro atoms. The number of rotatable bonds is 1. The summed E-state index contributed by atoms with van der Waals surface area (Å²) in [4.78, 5) is 4.74. The van der Waals surface area contributed by atoms with Crippen LogP contribution in [0.3, 0.4) is 0 Å². The van der Waals surface area contributed by atoms with E-state index in [1.807, 2.05) is 0 Å². The number of halogens is 2. The second kappa shape index (κ2) is 5.68. The molecule has 1 nitrogen and oxygen atoms in total. The maximum absolute atomic E-state index is 4.74. The molecule has 0 aromatic heterocycles. The second-order valence-electron chi connectivity index (χ2n) is 5.71. The van der Waals surface area contributed by atoms with Crippen molar-refractivity contribution in [3.63, 3.8) is 0 Å². The van der Waals surface area contributed by atoms with Gasteiger partial charge in [0, 0.05) is 11.3 Å². The zero-order valence-corrected chi connectivity index (χ0v) is 16.7. The van der Waals surface area contributed by atoms with Gasteiger partial charge in [-0.25, -0.2) is 0 Å². The molecule has 2 heterocycles. The fourth-order valence-electron chi connectivity index (χ4n) is 3.68. The Morgan fingerprint density at radius 3 is 2.45 bits per heavy atom. The molecule has 0 amide bonds. The van der Waals surface area contributed by atoms with Gasteiger partial charge in [-0.2, -0.15) is 0 Å². The van der Waals surface area contributed by atoms with E-state index in [2.05, 4.69) is 44.3 Å². The van der Waals surface area contributed by atoms with Gasteiger partial charge >= 0.3 is 26.2 Å². The van der Waals surface area contributed by atoms with E-state index in [9.17, 15) is 0 Å². The van der Waals surface area contributed by atoms with Gasteiger partial charge in [0.25, 0.3) is 0 Å². The van der Waals surface area contributed by atoms with Gasteiger partial charge in [0.05, 0.1) is 5.70 Å². The van der Waals surface area contributed by atoms with Crippen LogP contribution >= 0.6 is 0 Å². The summed E-state index contributed by atoms with van der Waals surface area (Å²) in [5.74, 6) is 0. The van der Waals surface area contributed by atoms with Gasteiger partial charge in [-0.05, 0) is 41.0 Å². The standard InChI is InChI=1S/C15H15NSi.2ClH.Zr/c1-9-14-13-12(16-9)8-11(10-6-4-5-7-10)15(13)17(14,2)3;;;/h4-6,8H,7H2,1-3H3;2*1H;/q;;;+2/p-2. The van der Waals surface area contributed by atoms with Gasteiger partial charge in [0.15, 0.2) is 0 Å². The molecule has 0 N–H and O–H groups in total. The van der Waals surface area contributed by atoms with Gasteiger partial charge in [-0.3, -0.25) is 4.99 Å². The van der Waals surface area contributed by atoms with Crippen LogP contribution in [0.25, 0.3) is 0 Å². The molecule has 4 aliphatic rings. The Balaban J connectivity index is 0.000000667. The molecule has 4 rings (SSSR count). The van der Waals surface area contributed by atoms with Gasteiger partial charge in [0.2, 0.25) is 0 Å². The van der Waals surface area contributed by atoms with Gasteiger partial charge < -0.3 is 24.8 Å². The van der Waals surface area contributed by atoms with Crippen molar-refractivity contribution in [2.45, 2.75) is 26.4 Å². The monoisotopic (exact) mass is 397 g/mol. The molecule has 0 fully saturated rings. The van der Waals surface area contributed by atoms with E-state index in [0.717, 1.165) is 6.42 Å². The smallest absolute Gasteiger partial charge is 1.00 e. The first kappa shape index (κ1) is 18.1. The zero-order valence-electron chi connectivity index (χ0n) is 11.7. The summed E-state index contributed by atoms with van der Waals surface area (Å²) >= 11 is 0. The largest absolute Gasteiger partial charge is 2.00 e. The molecule has 0 aromatic carbocycles. The van der Waals surface area contributed by atoms with Gasteiger partial charge in [0.1, 0.15) is 8.07 Å². The second-order valence-corrected chi connectivity index (χ2v) is 9.96. The SMILES string of the molecule is CC1=NC2=CC(C3=CC=CC3)=C3C2=C1[Si]3(C)C.[Cl-].[Cl-].[Zr+2]. The Morgan fingerprint density at radius 2 is 1.85 bits per heavy atom. The van der Waals surface area contributed by atoms with Crippen molar-refractivity contribution < 1.29 is 51.0 Å². The summed E-state index contributed by atoms with van der Waals surface area (Å²) in [5, 5.41) is 3.28. The average Bonchev–Trinajstić information content (AvgIpc) is 2.85. The van der Waals surface area contributed by atoms with Crippen LogP contribution in [0, 0.1) is 0 Å². The molecule has 0 saturated heterocycles. The zero-order chi connectivity index (χ0) is 11.8. The summed E-state index contributed by atoms with van der Waals surface area (Å²) in [6.45, 7) is 7.10. The van der Waals surface area contributed by atoms with Crippen molar-refractivity contribution in [3.8, 4) is 0 Å². The molecular weight excluding hydrogens is 384 g/mol. The number of hydrogen-bond donors (Lipinski definition) is 0. The molecule has 2 aliphatic carbocycles. The molecule has 0 saturated carbocycles. The van der Waals surface area contributed by atoms with Crippen molar-refractivity contribution in [1.82, 2.24) is 0 Å². The minimum absolute atomic E-state index is 0. The van der Waals surface area contributed by atoms with E-state index in [4.69, 9.17) is 4.99 Å². The van der Waals surface area contributed by atoms with E-state index in [1.165, 1.54) is 28.1 Å². The molecule has 20 heavy (non-hydrogen) atoms. The molecule has 0 radical (unpaired) electrons. The maximum atomic E-state index is 4.74. The Bertz CT molecular complexity index is 663. The van der Waals surface area contributed by atoms with Crippen LogP contribution < -0.4 is 24.8 Å². The quantitative estimate of drug-likeness (QED) is 0.438. The van der Waals surface area contributed by atoms with Gasteiger partial charge in [-0.1, -0.05) is 31.3 Å². The van der Waals surface area contributed by atoms with Crippen LogP contribution in [0.5, 0.6) is 0 Å². The van der Waals surface area contributed by atoms with Crippen LogP contribution in [0.15, 0.2) is 62.1 Å². The predicted octanol–water partition coefficient (Wildman–Crippen LogP) is -2.36. The van der Waals surface area contributed by atoms with E-state index >= 15 is 0 Å². The third kappa shape index (κ3) is 2.01. The van der Waals surface area contributed by atoms with E-state index in [-0.39, 0.29) is 51.0 Å². The normalized spacial score (nSPS) is 23.1. The molecule has 0 bridgehead atoms. The third-order valence-electron chi connectivity index (χ3n) is 4.32. The minimum Gasteiger partial charge on any atom is -1.00 e. The molecular formula is C15H15Cl2NSiZr. The number of allylic oxidation sites excluding steroid dienone is 8. The Labute approximate surface area is 152 Å². The van der Waals surface area contributed by atoms with Crippen LogP contribution in [0.1, 0.15) is 13.3 Å². The molecule has 2 aliphatic heterocycles. The molecule has 0 atom stereocenters. The first-order chi connectivity index (χ1) is 8.10. The minimum atomic E-state index is -1.35. The van der Waals surface area contributed by atoms with Crippen molar-refractivity contribution in [2.24, 2.45) is 4.99 Å². The first-order valence-electron chi connectivity index (χ1n) is 6.24. The van der Waals surface area contributed by atoms with Crippen LogP contribution in [-0.4, -0.2) is 13.8 Å². The maximum Gasteiger partial charge on any atom is 2.00 e. The van der Waals surface area contributed by atoms with Crippen molar-refractivity contribution in [2.75, 3.05) is 0 Å². The Kier molecular flexibility index (Phi) is 5.14. The third-order valence-corrected chi connectivity index (χ3v) is 7.95. The predicted molar refractivity (Wildman–Crippen MR) is 74.6 cm³/mol. The number of hydrogen-bond acceptors (Lipinski definition) is 1. The summed E-state index contributed by atoms with van der Waals surface area (Å²) in [5.41, 5.74) is 7.01. The number of nitrogens with zero attached hydrogens (tertiary/aromatic N) is 1. The Morgan fingerprint density at radius 1 is 1.15 bits per heavy atom. The Hall–Kier alpha value is 0.0500. The topological polar surface area (TPSA) is 12.4 Å². The van der Waals surface area contributed by atoms with E-state index in [1.54, 1.807) is 10.4 Å².